The number of nitrogens with zero attached hydrogens (tertiary/aromatic N) is 1. The zero-order valence-electron chi connectivity index (χ0n) is 11.2. The molecular weight excluding hydrogens is 255 g/mol. The molecule has 0 bridgehead atoms. The SMILES string of the molecule is CC1CC1c1ccc(CNc2ccc(F)cc2C#N)o1. The quantitative estimate of drug-likeness (QED) is 0.912. The van der Waals surface area contributed by atoms with Crippen LogP contribution in [0.5, 0.6) is 0 Å². The van der Waals surface area contributed by atoms with Crippen LogP contribution in [0.3, 0.4) is 0 Å². The third kappa shape index (κ3) is 2.53. The first-order valence-corrected chi connectivity index (χ1v) is 6.69. The highest BCUT2D eigenvalue weighted by atomic mass is 19.1. The number of nitriles is 1. The van der Waals surface area contributed by atoms with Crippen molar-refractivity contribution in [1.82, 2.24) is 0 Å². The summed E-state index contributed by atoms with van der Waals surface area (Å²) in [5, 5.41) is 12.1. The van der Waals surface area contributed by atoms with Gasteiger partial charge in [-0.05, 0) is 42.7 Å². The minimum atomic E-state index is -0.407. The maximum absolute atomic E-state index is 13.0. The van der Waals surface area contributed by atoms with E-state index in [-0.39, 0.29) is 0 Å². The van der Waals surface area contributed by atoms with E-state index in [1.807, 2.05) is 18.2 Å². The summed E-state index contributed by atoms with van der Waals surface area (Å²) in [6.07, 6.45) is 1.19. The molecule has 0 radical (unpaired) electrons. The van der Waals surface area contributed by atoms with Crippen LogP contribution in [0.25, 0.3) is 0 Å². The lowest BCUT2D eigenvalue weighted by molar-refractivity contribution is 0.468. The molecule has 0 saturated heterocycles. The van der Waals surface area contributed by atoms with Gasteiger partial charge in [-0.1, -0.05) is 6.92 Å². The molecule has 2 unspecified atom stereocenters. The lowest BCUT2D eigenvalue weighted by Gasteiger charge is -2.06. The predicted molar refractivity (Wildman–Crippen MR) is 73.7 cm³/mol. The maximum atomic E-state index is 13.0. The second-order valence-corrected chi connectivity index (χ2v) is 5.28. The Morgan fingerprint density at radius 2 is 2.20 bits per heavy atom. The van der Waals surface area contributed by atoms with Crippen LogP contribution in [0.1, 0.15) is 36.3 Å². The first kappa shape index (κ1) is 12.7. The summed E-state index contributed by atoms with van der Waals surface area (Å²) in [5.74, 6) is 2.73. The molecule has 0 spiro atoms. The number of benzene rings is 1. The van der Waals surface area contributed by atoms with E-state index in [0.717, 1.165) is 11.5 Å². The second-order valence-electron chi connectivity index (χ2n) is 5.28. The van der Waals surface area contributed by atoms with Crippen molar-refractivity contribution in [2.24, 2.45) is 5.92 Å². The van der Waals surface area contributed by atoms with Gasteiger partial charge in [0.2, 0.25) is 0 Å². The largest absolute Gasteiger partial charge is 0.464 e. The third-order valence-electron chi connectivity index (χ3n) is 3.71. The molecule has 0 aliphatic heterocycles. The van der Waals surface area contributed by atoms with Crippen LogP contribution in [-0.4, -0.2) is 0 Å². The Hall–Kier alpha value is -2.28. The number of furan rings is 1. The van der Waals surface area contributed by atoms with E-state index in [1.165, 1.54) is 18.6 Å². The van der Waals surface area contributed by atoms with E-state index in [0.29, 0.717) is 29.6 Å². The Morgan fingerprint density at radius 1 is 1.40 bits per heavy atom. The fraction of sp³-hybridized carbons (Fsp3) is 0.312. The first-order valence-electron chi connectivity index (χ1n) is 6.69. The van der Waals surface area contributed by atoms with Crippen LogP contribution in [0, 0.1) is 23.1 Å². The molecule has 4 heteroatoms. The molecule has 102 valence electrons. The van der Waals surface area contributed by atoms with Gasteiger partial charge < -0.3 is 9.73 Å². The van der Waals surface area contributed by atoms with Gasteiger partial charge in [-0.15, -0.1) is 0 Å². The minimum Gasteiger partial charge on any atom is -0.464 e. The molecule has 1 aliphatic rings. The van der Waals surface area contributed by atoms with Gasteiger partial charge in [0.25, 0.3) is 0 Å². The Morgan fingerprint density at radius 3 is 2.90 bits per heavy atom. The lowest BCUT2D eigenvalue weighted by atomic mass is 10.2. The fourth-order valence-electron chi connectivity index (χ4n) is 2.35. The molecular formula is C16H15FN2O. The summed E-state index contributed by atoms with van der Waals surface area (Å²) in [7, 11) is 0. The predicted octanol–water partition coefficient (Wildman–Crippen LogP) is 4.03. The standard InChI is InChI=1S/C16H15FN2O/c1-10-6-14(10)16-5-3-13(20-16)9-19-15-4-2-12(17)7-11(15)8-18/h2-5,7,10,14,19H,6,9H2,1H3. The van der Waals surface area contributed by atoms with Gasteiger partial charge in [-0.3, -0.25) is 0 Å². The van der Waals surface area contributed by atoms with Gasteiger partial charge in [0.15, 0.2) is 0 Å². The molecule has 1 aliphatic carbocycles. The van der Waals surface area contributed by atoms with Crippen LogP contribution in [-0.2, 0) is 6.54 Å². The van der Waals surface area contributed by atoms with E-state index in [4.69, 9.17) is 9.68 Å². The molecule has 3 rings (SSSR count). The van der Waals surface area contributed by atoms with Crippen LogP contribution in [0.4, 0.5) is 10.1 Å². The molecule has 1 aromatic carbocycles. The van der Waals surface area contributed by atoms with Crippen LogP contribution in [0.15, 0.2) is 34.7 Å². The molecule has 1 saturated carbocycles. The van der Waals surface area contributed by atoms with Crippen molar-refractivity contribution in [3.63, 3.8) is 0 Å². The third-order valence-corrected chi connectivity index (χ3v) is 3.71. The molecule has 1 fully saturated rings. The van der Waals surface area contributed by atoms with Gasteiger partial charge in [0.05, 0.1) is 17.8 Å². The summed E-state index contributed by atoms with van der Waals surface area (Å²) in [4.78, 5) is 0. The van der Waals surface area contributed by atoms with E-state index >= 15 is 0 Å². The van der Waals surface area contributed by atoms with Crippen LogP contribution < -0.4 is 5.32 Å². The summed E-state index contributed by atoms with van der Waals surface area (Å²) in [5.41, 5.74) is 0.916. The van der Waals surface area contributed by atoms with Gasteiger partial charge in [0, 0.05) is 5.92 Å². The lowest BCUT2D eigenvalue weighted by Crippen LogP contribution is -2.00. The Bertz CT molecular complexity index is 671. The van der Waals surface area contributed by atoms with Crippen LogP contribution in [0.2, 0.25) is 0 Å². The maximum Gasteiger partial charge on any atom is 0.124 e. The van der Waals surface area contributed by atoms with Crippen molar-refractivity contribution in [3.05, 3.63) is 53.2 Å². The molecule has 1 heterocycles. The summed E-state index contributed by atoms with van der Waals surface area (Å²) < 4.78 is 18.8. The van der Waals surface area contributed by atoms with Gasteiger partial charge in [-0.2, -0.15) is 5.26 Å². The van der Waals surface area contributed by atoms with Crippen molar-refractivity contribution in [1.29, 1.82) is 5.26 Å². The number of anilines is 1. The zero-order valence-corrected chi connectivity index (χ0v) is 11.2. The summed E-state index contributed by atoms with van der Waals surface area (Å²) >= 11 is 0. The Labute approximate surface area is 117 Å². The minimum absolute atomic E-state index is 0.299. The monoisotopic (exact) mass is 270 g/mol. The molecule has 2 atom stereocenters. The Kier molecular flexibility index (Phi) is 3.19. The molecule has 2 aromatic rings. The molecule has 20 heavy (non-hydrogen) atoms. The van der Waals surface area contributed by atoms with Gasteiger partial charge in [0.1, 0.15) is 23.4 Å². The zero-order chi connectivity index (χ0) is 14.1. The van der Waals surface area contributed by atoms with Crippen molar-refractivity contribution >= 4 is 5.69 Å². The summed E-state index contributed by atoms with van der Waals surface area (Å²) in [6, 6.07) is 10.1. The average Bonchev–Trinajstić information content (AvgIpc) is 3.00. The molecule has 0 amide bonds. The number of halogens is 1. The van der Waals surface area contributed by atoms with E-state index in [9.17, 15) is 4.39 Å². The van der Waals surface area contributed by atoms with Crippen molar-refractivity contribution < 1.29 is 8.81 Å². The van der Waals surface area contributed by atoms with Gasteiger partial charge in [-0.25, -0.2) is 4.39 Å². The number of hydrogen-bond acceptors (Lipinski definition) is 3. The molecule has 3 nitrogen and oxygen atoms in total. The average molecular weight is 270 g/mol. The fourth-order valence-corrected chi connectivity index (χ4v) is 2.35. The number of hydrogen-bond donors (Lipinski definition) is 1. The highest BCUT2D eigenvalue weighted by Crippen LogP contribution is 2.47. The van der Waals surface area contributed by atoms with E-state index < -0.39 is 5.82 Å². The van der Waals surface area contributed by atoms with Crippen molar-refractivity contribution in [3.8, 4) is 6.07 Å². The van der Waals surface area contributed by atoms with Crippen LogP contribution >= 0.6 is 0 Å². The smallest absolute Gasteiger partial charge is 0.124 e. The summed E-state index contributed by atoms with van der Waals surface area (Å²) in [6.45, 7) is 2.70. The highest BCUT2D eigenvalue weighted by Gasteiger charge is 2.36. The van der Waals surface area contributed by atoms with Crippen molar-refractivity contribution in [2.45, 2.75) is 25.8 Å². The molecule has 1 N–H and O–H groups in total. The van der Waals surface area contributed by atoms with Crippen molar-refractivity contribution in [2.75, 3.05) is 5.32 Å². The Balaban J connectivity index is 1.67. The first-order chi connectivity index (χ1) is 9.67. The normalized spacial score (nSPS) is 20.4. The van der Waals surface area contributed by atoms with E-state index in [1.54, 1.807) is 6.07 Å². The topological polar surface area (TPSA) is 49.0 Å². The highest BCUT2D eigenvalue weighted by molar-refractivity contribution is 5.57. The molecule has 1 aromatic heterocycles. The second kappa shape index (κ2) is 5.01. The number of rotatable bonds is 4. The van der Waals surface area contributed by atoms with Gasteiger partial charge >= 0.3 is 0 Å². The van der Waals surface area contributed by atoms with E-state index in [2.05, 4.69) is 12.2 Å². The number of nitrogens with one attached hydrogen (secondary N) is 1.